The normalized spacial score (nSPS) is 18.0. The van der Waals surface area contributed by atoms with Crippen molar-refractivity contribution in [2.24, 2.45) is 5.92 Å². The molecule has 0 saturated carbocycles. The Hall–Kier alpha value is -1.84. The van der Waals surface area contributed by atoms with Crippen molar-refractivity contribution in [1.82, 2.24) is 4.90 Å². The van der Waals surface area contributed by atoms with Crippen molar-refractivity contribution in [3.05, 3.63) is 35.4 Å². The maximum Gasteiger partial charge on any atom is 0.326 e. The Kier molecular flexibility index (Phi) is 5.58. The van der Waals surface area contributed by atoms with Gasteiger partial charge < -0.3 is 10.0 Å². The van der Waals surface area contributed by atoms with Gasteiger partial charge in [0.2, 0.25) is 5.91 Å². The molecule has 1 amide bonds. The number of hydrogen-bond acceptors (Lipinski definition) is 2. The third-order valence-corrected chi connectivity index (χ3v) is 4.15. The molecule has 4 heteroatoms. The van der Waals surface area contributed by atoms with Gasteiger partial charge >= 0.3 is 5.97 Å². The lowest BCUT2D eigenvalue weighted by Gasteiger charge is -2.21. The van der Waals surface area contributed by atoms with E-state index < -0.39 is 12.0 Å². The number of carboxylic acid groups (broad SMARTS) is 1. The minimum atomic E-state index is -0.885. The molecule has 1 fully saturated rings. The Morgan fingerprint density at radius 1 is 1.23 bits per heavy atom. The monoisotopic (exact) mass is 303 g/mol. The van der Waals surface area contributed by atoms with Crippen LogP contribution in [0, 0.1) is 5.92 Å². The second-order valence-corrected chi connectivity index (χ2v) is 6.50. The molecule has 1 atom stereocenters. The van der Waals surface area contributed by atoms with E-state index in [2.05, 4.69) is 38.1 Å². The summed E-state index contributed by atoms with van der Waals surface area (Å²) in [4.78, 5) is 24.9. The van der Waals surface area contributed by atoms with Gasteiger partial charge in [0.15, 0.2) is 0 Å². The lowest BCUT2D eigenvalue weighted by molar-refractivity contribution is -0.148. The number of carbonyl (C=O) groups is 2. The highest BCUT2D eigenvalue weighted by molar-refractivity contribution is 5.84. The van der Waals surface area contributed by atoms with Gasteiger partial charge in [-0.15, -0.1) is 0 Å². The third kappa shape index (κ3) is 4.33. The number of hydrogen-bond donors (Lipinski definition) is 1. The molecule has 1 aromatic rings. The van der Waals surface area contributed by atoms with E-state index in [-0.39, 0.29) is 5.91 Å². The second kappa shape index (κ2) is 7.43. The predicted octanol–water partition coefficient (Wildman–Crippen LogP) is 2.89. The average molecular weight is 303 g/mol. The molecule has 4 nitrogen and oxygen atoms in total. The van der Waals surface area contributed by atoms with Gasteiger partial charge in [-0.3, -0.25) is 4.79 Å². The van der Waals surface area contributed by atoms with Crippen molar-refractivity contribution in [3.63, 3.8) is 0 Å². The van der Waals surface area contributed by atoms with Crippen molar-refractivity contribution < 1.29 is 14.7 Å². The fourth-order valence-corrected chi connectivity index (χ4v) is 3.03. The third-order valence-electron chi connectivity index (χ3n) is 4.15. The first kappa shape index (κ1) is 16.5. The number of benzene rings is 1. The summed E-state index contributed by atoms with van der Waals surface area (Å²) in [6.07, 6.45) is 3.47. The Morgan fingerprint density at radius 2 is 1.86 bits per heavy atom. The number of carboxylic acids is 1. The second-order valence-electron chi connectivity index (χ2n) is 6.50. The van der Waals surface area contributed by atoms with E-state index in [1.807, 2.05) is 0 Å². The number of aliphatic carboxylic acids is 1. The number of nitrogens with zero attached hydrogens (tertiary/aromatic N) is 1. The molecule has 1 aromatic carbocycles. The van der Waals surface area contributed by atoms with E-state index in [4.69, 9.17) is 5.11 Å². The Balaban J connectivity index is 1.87. The molecule has 0 aliphatic carbocycles. The molecule has 0 aromatic heterocycles. The summed E-state index contributed by atoms with van der Waals surface area (Å²) >= 11 is 0. The Bertz CT molecular complexity index is 522. The first-order valence-corrected chi connectivity index (χ1v) is 8.07. The van der Waals surface area contributed by atoms with Gasteiger partial charge in [-0.05, 0) is 42.7 Å². The minimum Gasteiger partial charge on any atom is -0.480 e. The van der Waals surface area contributed by atoms with Crippen LogP contribution in [0.25, 0.3) is 0 Å². The Labute approximate surface area is 132 Å². The zero-order valence-electron chi connectivity index (χ0n) is 13.4. The van der Waals surface area contributed by atoms with Crippen LogP contribution in [0.15, 0.2) is 24.3 Å². The summed E-state index contributed by atoms with van der Waals surface area (Å²) in [5.41, 5.74) is 2.45. The maximum absolute atomic E-state index is 12.2. The van der Waals surface area contributed by atoms with E-state index in [9.17, 15) is 9.59 Å². The van der Waals surface area contributed by atoms with Crippen molar-refractivity contribution in [2.45, 2.75) is 52.0 Å². The van der Waals surface area contributed by atoms with E-state index in [0.717, 1.165) is 18.4 Å². The number of aryl methyl sites for hydroxylation is 1. The summed E-state index contributed by atoms with van der Waals surface area (Å²) in [5.74, 6) is -0.296. The van der Waals surface area contributed by atoms with Gasteiger partial charge in [0, 0.05) is 13.0 Å². The fraction of sp³-hybridized carbons (Fsp3) is 0.556. The van der Waals surface area contributed by atoms with Crippen LogP contribution >= 0.6 is 0 Å². The van der Waals surface area contributed by atoms with Crippen molar-refractivity contribution in [2.75, 3.05) is 6.54 Å². The summed E-state index contributed by atoms with van der Waals surface area (Å²) in [5, 5.41) is 9.13. The molecule has 22 heavy (non-hydrogen) atoms. The summed E-state index contributed by atoms with van der Waals surface area (Å²) in [6.45, 7) is 4.96. The van der Waals surface area contributed by atoms with Crippen LogP contribution in [-0.4, -0.2) is 34.5 Å². The van der Waals surface area contributed by atoms with Gasteiger partial charge in [-0.2, -0.15) is 0 Å². The van der Waals surface area contributed by atoms with Gasteiger partial charge in [0.25, 0.3) is 0 Å². The van der Waals surface area contributed by atoms with Gasteiger partial charge in [-0.25, -0.2) is 4.79 Å². The van der Waals surface area contributed by atoms with Gasteiger partial charge in [0.05, 0.1) is 0 Å². The summed E-state index contributed by atoms with van der Waals surface area (Å²) < 4.78 is 0. The molecule has 0 spiro atoms. The molecule has 1 heterocycles. The van der Waals surface area contributed by atoms with Crippen LogP contribution in [0.1, 0.15) is 44.2 Å². The first-order chi connectivity index (χ1) is 10.5. The van der Waals surface area contributed by atoms with Crippen LogP contribution < -0.4 is 0 Å². The molecule has 0 radical (unpaired) electrons. The zero-order chi connectivity index (χ0) is 16.1. The maximum atomic E-state index is 12.2. The summed E-state index contributed by atoms with van der Waals surface area (Å²) in [7, 11) is 0. The van der Waals surface area contributed by atoms with Crippen LogP contribution in [0.3, 0.4) is 0 Å². The van der Waals surface area contributed by atoms with Crippen LogP contribution in [-0.2, 0) is 22.4 Å². The molecule has 1 saturated heterocycles. The number of amides is 1. The van der Waals surface area contributed by atoms with E-state index in [1.165, 1.54) is 10.5 Å². The number of rotatable bonds is 6. The topological polar surface area (TPSA) is 57.6 Å². The summed E-state index contributed by atoms with van der Waals surface area (Å²) in [6, 6.07) is 7.76. The SMILES string of the molecule is CC(C)Cc1ccc(CCC(=O)N2CCCC2C(=O)O)cc1. The van der Waals surface area contributed by atoms with Gasteiger partial charge in [-0.1, -0.05) is 38.1 Å². The smallest absolute Gasteiger partial charge is 0.326 e. The molecule has 1 aliphatic heterocycles. The quantitative estimate of drug-likeness (QED) is 0.879. The first-order valence-electron chi connectivity index (χ1n) is 8.07. The van der Waals surface area contributed by atoms with Gasteiger partial charge in [0.1, 0.15) is 6.04 Å². The highest BCUT2D eigenvalue weighted by atomic mass is 16.4. The molecular weight excluding hydrogens is 278 g/mol. The van der Waals surface area contributed by atoms with Crippen LogP contribution in [0.5, 0.6) is 0 Å². The van der Waals surface area contributed by atoms with Crippen molar-refractivity contribution in [1.29, 1.82) is 0 Å². The van der Waals surface area contributed by atoms with Crippen molar-refractivity contribution in [3.8, 4) is 0 Å². The lowest BCUT2D eigenvalue weighted by atomic mass is 10.0. The number of likely N-dealkylation sites (tertiary alicyclic amines) is 1. The lowest BCUT2D eigenvalue weighted by Crippen LogP contribution is -2.40. The zero-order valence-corrected chi connectivity index (χ0v) is 13.4. The van der Waals surface area contributed by atoms with E-state index in [1.54, 1.807) is 0 Å². The van der Waals surface area contributed by atoms with E-state index >= 15 is 0 Å². The van der Waals surface area contributed by atoms with Crippen LogP contribution in [0.4, 0.5) is 0 Å². The highest BCUT2D eigenvalue weighted by Crippen LogP contribution is 2.19. The predicted molar refractivity (Wildman–Crippen MR) is 85.7 cm³/mol. The minimum absolute atomic E-state index is 0.0452. The molecule has 120 valence electrons. The number of carbonyl (C=O) groups excluding carboxylic acids is 1. The van der Waals surface area contributed by atoms with Crippen LogP contribution in [0.2, 0.25) is 0 Å². The standard InChI is InChI=1S/C18H25NO3/c1-13(2)12-15-7-5-14(6-8-15)9-10-17(20)19-11-3-4-16(19)18(21)22/h5-8,13,16H,3-4,9-12H2,1-2H3,(H,21,22). The molecule has 1 N–H and O–H groups in total. The molecule has 1 aliphatic rings. The van der Waals surface area contributed by atoms with Crippen molar-refractivity contribution >= 4 is 11.9 Å². The fourth-order valence-electron chi connectivity index (χ4n) is 3.03. The molecule has 0 bridgehead atoms. The highest BCUT2D eigenvalue weighted by Gasteiger charge is 2.33. The van der Waals surface area contributed by atoms with E-state index in [0.29, 0.717) is 31.7 Å². The average Bonchev–Trinajstić information content (AvgIpc) is 2.95. The molecule has 1 unspecified atom stereocenters. The molecule has 2 rings (SSSR count). The molecular formula is C18H25NO3. The largest absolute Gasteiger partial charge is 0.480 e. The Morgan fingerprint density at radius 3 is 2.45 bits per heavy atom.